The predicted molar refractivity (Wildman–Crippen MR) is 108 cm³/mol. The van der Waals surface area contributed by atoms with Crippen LogP contribution in [0, 0.1) is 0 Å². The molecule has 0 saturated carbocycles. The molecular formula is C22H21N3O. The largest absolute Gasteiger partial charge is 0.365 e. The van der Waals surface area contributed by atoms with Gasteiger partial charge in [0.25, 0.3) is 5.56 Å². The number of pyridine rings is 2. The number of H-pyrrole nitrogens is 1. The van der Waals surface area contributed by atoms with E-state index in [0.717, 1.165) is 23.0 Å². The van der Waals surface area contributed by atoms with E-state index in [1.807, 2.05) is 30.3 Å². The van der Waals surface area contributed by atoms with Crippen LogP contribution in [0.2, 0.25) is 0 Å². The van der Waals surface area contributed by atoms with E-state index in [1.54, 1.807) is 6.20 Å². The van der Waals surface area contributed by atoms with E-state index in [9.17, 15) is 4.79 Å². The fraction of sp³-hybridized carbons (Fsp3) is 0.182. The van der Waals surface area contributed by atoms with Gasteiger partial charge in [-0.15, -0.1) is 0 Å². The lowest BCUT2D eigenvalue weighted by molar-refractivity contribution is 0.683. The Balaban J connectivity index is 1.87. The van der Waals surface area contributed by atoms with E-state index in [4.69, 9.17) is 0 Å². The van der Waals surface area contributed by atoms with Crippen LogP contribution in [0.5, 0.6) is 0 Å². The summed E-state index contributed by atoms with van der Waals surface area (Å²) >= 11 is 0. The topological polar surface area (TPSA) is 49.0 Å². The fourth-order valence-corrected chi connectivity index (χ4v) is 3.38. The second-order valence-corrected chi connectivity index (χ2v) is 6.79. The minimum Gasteiger partial charge on any atom is -0.365 e. The lowest BCUT2D eigenvalue weighted by Gasteiger charge is -2.29. The molecule has 4 heteroatoms. The Morgan fingerprint density at radius 2 is 1.77 bits per heavy atom. The summed E-state index contributed by atoms with van der Waals surface area (Å²) in [6.07, 6.45) is 1.70. The summed E-state index contributed by atoms with van der Waals surface area (Å²) in [5.74, 6) is 0. The summed E-state index contributed by atoms with van der Waals surface area (Å²) in [5, 5.41) is 2.60. The number of hydrogen-bond acceptors (Lipinski definition) is 3. The van der Waals surface area contributed by atoms with Crippen LogP contribution in [-0.2, 0) is 6.54 Å². The maximum atomic E-state index is 12.4. The molecule has 0 radical (unpaired) electrons. The summed E-state index contributed by atoms with van der Waals surface area (Å²) in [6, 6.07) is 20.7. The van der Waals surface area contributed by atoms with E-state index >= 15 is 0 Å². The van der Waals surface area contributed by atoms with Crippen LogP contribution >= 0.6 is 0 Å². The Kier molecular flexibility index (Phi) is 4.17. The highest BCUT2D eigenvalue weighted by atomic mass is 16.1. The number of fused-ring (bicyclic) bond motifs is 3. The van der Waals surface area contributed by atoms with Crippen LogP contribution in [0.15, 0.2) is 71.7 Å². The average Bonchev–Trinajstić information content (AvgIpc) is 2.66. The van der Waals surface area contributed by atoms with Crippen LogP contribution in [0.25, 0.3) is 21.8 Å². The van der Waals surface area contributed by atoms with Gasteiger partial charge in [0.05, 0.1) is 0 Å². The first-order valence-electron chi connectivity index (χ1n) is 8.85. The molecule has 0 aliphatic rings. The van der Waals surface area contributed by atoms with Crippen molar-refractivity contribution in [2.75, 3.05) is 4.90 Å². The van der Waals surface area contributed by atoms with Gasteiger partial charge in [-0.2, -0.15) is 0 Å². The number of benzene rings is 2. The molecule has 0 spiro atoms. The molecule has 0 aliphatic carbocycles. The SMILES string of the molecule is CC(C)N(Cc1ccccc1)c1ccc2c(=O)[nH]c3ncccc3c2c1. The summed E-state index contributed by atoms with van der Waals surface area (Å²) in [7, 11) is 0. The normalized spacial score (nSPS) is 11.3. The lowest BCUT2D eigenvalue weighted by atomic mass is 10.1. The monoisotopic (exact) mass is 343 g/mol. The Morgan fingerprint density at radius 1 is 0.962 bits per heavy atom. The van der Waals surface area contributed by atoms with Crippen LogP contribution in [0.4, 0.5) is 5.69 Å². The molecule has 0 fully saturated rings. The summed E-state index contributed by atoms with van der Waals surface area (Å²) in [5.41, 5.74) is 2.89. The molecule has 26 heavy (non-hydrogen) atoms. The van der Waals surface area contributed by atoms with Gasteiger partial charge < -0.3 is 9.88 Å². The van der Waals surface area contributed by atoms with Crippen LogP contribution in [0.1, 0.15) is 19.4 Å². The van der Waals surface area contributed by atoms with Crippen molar-refractivity contribution >= 4 is 27.5 Å². The van der Waals surface area contributed by atoms with Gasteiger partial charge in [-0.1, -0.05) is 30.3 Å². The fourth-order valence-electron chi connectivity index (χ4n) is 3.38. The molecular weight excluding hydrogens is 322 g/mol. The zero-order chi connectivity index (χ0) is 18.1. The van der Waals surface area contributed by atoms with Crippen molar-refractivity contribution in [3.05, 3.63) is 82.8 Å². The molecule has 4 rings (SSSR count). The first kappa shape index (κ1) is 16.3. The molecule has 130 valence electrons. The third-order valence-electron chi connectivity index (χ3n) is 4.73. The molecule has 0 aliphatic heterocycles. The Bertz CT molecular complexity index is 1120. The Morgan fingerprint density at radius 3 is 2.54 bits per heavy atom. The van der Waals surface area contributed by atoms with Gasteiger partial charge in [0.15, 0.2) is 0 Å². The molecule has 0 saturated heterocycles. The van der Waals surface area contributed by atoms with E-state index < -0.39 is 0 Å². The lowest BCUT2D eigenvalue weighted by Crippen LogP contribution is -2.30. The van der Waals surface area contributed by atoms with Crippen molar-refractivity contribution in [2.24, 2.45) is 0 Å². The van der Waals surface area contributed by atoms with Crippen molar-refractivity contribution in [1.29, 1.82) is 0 Å². The first-order chi connectivity index (χ1) is 12.6. The van der Waals surface area contributed by atoms with Gasteiger partial charge in [-0.05, 0) is 49.7 Å². The molecule has 2 aromatic heterocycles. The highest BCUT2D eigenvalue weighted by Gasteiger charge is 2.14. The van der Waals surface area contributed by atoms with Crippen molar-refractivity contribution in [2.45, 2.75) is 26.4 Å². The van der Waals surface area contributed by atoms with E-state index in [0.29, 0.717) is 17.1 Å². The summed E-state index contributed by atoms with van der Waals surface area (Å²) < 4.78 is 0. The molecule has 1 N–H and O–H groups in total. The highest BCUT2D eigenvalue weighted by Crippen LogP contribution is 2.27. The molecule has 0 bridgehead atoms. The Labute approximate surface area is 152 Å². The number of anilines is 1. The van der Waals surface area contributed by atoms with Gasteiger partial charge in [0.1, 0.15) is 5.65 Å². The van der Waals surface area contributed by atoms with Crippen LogP contribution in [-0.4, -0.2) is 16.0 Å². The Hall–Kier alpha value is -3.14. The molecule has 4 aromatic rings. The second-order valence-electron chi connectivity index (χ2n) is 6.79. The number of nitrogens with one attached hydrogen (secondary N) is 1. The number of aromatic amines is 1. The van der Waals surface area contributed by atoms with Gasteiger partial charge in [-0.3, -0.25) is 4.79 Å². The third-order valence-corrected chi connectivity index (χ3v) is 4.73. The minimum absolute atomic E-state index is 0.100. The highest BCUT2D eigenvalue weighted by molar-refractivity contribution is 6.05. The zero-order valence-corrected chi connectivity index (χ0v) is 14.9. The van der Waals surface area contributed by atoms with E-state index in [1.165, 1.54) is 5.56 Å². The van der Waals surface area contributed by atoms with Crippen molar-refractivity contribution in [3.63, 3.8) is 0 Å². The third kappa shape index (κ3) is 2.94. The van der Waals surface area contributed by atoms with Gasteiger partial charge in [-0.25, -0.2) is 4.98 Å². The van der Waals surface area contributed by atoms with Crippen molar-refractivity contribution < 1.29 is 0 Å². The van der Waals surface area contributed by atoms with Gasteiger partial charge >= 0.3 is 0 Å². The summed E-state index contributed by atoms with van der Waals surface area (Å²) in [6.45, 7) is 5.19. The predicted octanol–water partition coefficient (Wildman–Crippen LogP) is 4.49. The quantitative estimate of drug-likeness (QED) is 0.555. The van der Waals surface area contributed by atoms with Crippen molar-refractivity contribution in [3.8, 4) is 0 Å². The van der Waals surface area contributed by atoms with E-state index in [2.05, 4.69) is 59.0 Å². The average molecular weight is 343 g/mol. The number of rotatable bonds is 4. The first-order valence-corrected chi connectivity index (χ1v) is 8.85. The number of hydrogen-bond donors (Lipinski definition) is 1. The van der Waals surface area contributed by atoms with Crippen LogP contribution < -0.4 is 10.5 Å². The zero-order valence-electron chi connectivity index (χ0n) is 14.9. The van der Waals surface area contributed by atoms with E-state index in [-0.39, 0.29) is 5.56 Å². The molecule has 0 unspecified atom stereocenters. The number of aromatic nitrogens is 2. The standard InChI is InChI=1S/C22H21N3O/c1-15(2)25(14-16-7-4-3-5-8-16)17-10-11-19-20(13-17)18-9-6-12-23-21(18)24-22(19)26/h3-13,15H,14H2,1-2H3,(H,23,24,26). The molecule has 2 heterocycles. The molecule has 0 atom stereocenters. The maximum Gasteiger partial charge on any atom is 0.257 e. The summed E-state index contributed by atoms with van der Waals surface area (Å²) in [4.78, 5) is 21.9. The van der Waals surface area contributed by atoms with Gasteiger partial charge in [0, 0.05) is 40.6 Å². The second kappa shape index (κ2) is 6.64. The smallest absolute Gasteiger partial charge is 0.257 e. The van der Waals surface area contributed by atoms with Gasteiger partial charge in [0.2, 0.25) is 0 Å². The van der Waals surface area contributed by atoms with Crippen LogP contribution in [0.3, 0.4) is 0 Å². The molecule has 4 nitrogen and oxygen atoms in total. The number of nitrogens with zero attached hydrogens (tertiary/aromatic N) is 2. The van der Waals surface area contributed by atoms with Crippen molar-refractivity contribution in [1.82, 2.24) is 9.97 Å². The molecule has 0 amide bonds. The molecule has 2 aromatic carbocycles. The minimum atomic E-state index is -0.100. The maximum absolute atomic E-state index is 12.4.